The topological polar surface area (TPSA) is 102 Å². The molecule has 2 rings (SSSR count). The van der Waals surface area contributed by atoms with Crippen LogP contribution in [0.4, 0.5) is 17.2 Å². The number of hydrogen-bond donors (Lipinski definition) is 3. The fourth-order valence-electron chi connectivity index (χ4n) is 1.70. The number of carbonyl (C=O) groups is 2. The van der Waals surface area contributed by atoms with Gasteiger partial charge in [0.2, 0.25) is 5.91 Å². The number of aromatic nitrogens is 2. The molecule has 4 N–H and O–H groups in total. The Morgan fingerprint density at radius 2 is 1.90 bits per heavy atom. The first-order valence-corrected chi connectivity index (χ1v) is 5.94. The zero-order valence-corrected chi connectivity index (χ0v) is 11.2. The highest BCUT2D eigenvalue weighted by Crippen LogP contribution is 2.17. The van der Waals surface area contributed by atoms with Gasteiger partial charge < -0.3 is 16.4 Å². The number of anilines is 3. The van der Waals surface area contributed by atoms with Gasteiger partial charge in [0.05, 0.1) is 6.20 Å². The van der Waals surface area contributed by atoms with E-state index in [0.717, 1.165) is 0 Å². The van der Waals surface area contributed by atoms with Gasteiger partial charge in [-0.15, -0.1) is 0 Å². The minimum Gasteiger partial charge on any atom is -0.383 e. The van der Waals surface area contributed by atoms with Crippen molar-refractivity contribution >= 4 is 29.0 Å². The molecule has 0 saturated heterocycles. The molecule has 1 heterocycles. The molecular weight excluding hydrogens is 258 g/mol. The number of rotatable bonds is 3. The molecule has 0 spiro atoms. The van der Waals surface area contributed by atoms with Crippen LogP contribution in [0.25, 0.3) is 0 Å². The van der Waals surface area contributed by atoms with E-state index >= 15 is 0 Å². The second-order valence-electron chi connectivity index (χ2n) is 4.28. The number of aryl methyl sites for hydroxylation is 1. The molecule has 0 radical (unpaired) electrons. The number of nitrogens with zero attached hydrogens (tertiary/aromatic N) is 2. The Balaban J connectivity index is 2.15. The minimum absolute atomic E-state index is 0.176. The fraction of sp³-hybridized carbons (Fsp3) is 0.154. The van der Waals surface area contributed by atoms with Gasteiger partial charge in [0.25, 0.3) is 5.91 Å². The number of carbonyl (C=O) groups excluding carboxylic acids is 2. The van der Waals surface area contributed by atoms with Crippen LogP contribution in [0.3, 0.4) is 0 Å². The van der Waals surface area contributed by atoms with E-state index in [1.807, 2.05) is 0 Å². The smallest absolute Gasteiger partial charge is 0.261 e. The van der Waals surface area contributed by atoms with E-state index in [4.69, 9.17) is 5.73 Å². The first-order valence-electron chi connectivity index (χ1n) is 5.94. The van der Waals surface area contributed by atoms with E-state index < -0.39 is 0 Å². The zero-order valence-electron chi connectivity index (χ0n) is 11.2. The number of nitrogen functional groups attached to an aromatic ring is 1. The maximum absolute atomic E-state index is 12.0. The average molecular weight is 273 g/mol. The Kier molecular flexibility index (Phi) is 3.69. The monoisotopic (exact) mass is 273 g/mol. The number of nitrogens with one attached hydrogen (secondary N) is 2. The van der Waals surface area contributed by atoms with Crippen LogP contribution in [0, 0.1) is 0 Å². The van der Waals surface area contributed by atoms with E-state index in [1.165, 1.54) is 17.8 Å². The van der Waals surface area contributed by atoms with E-state index in [0.29, 0.717) is 22.8 Å². The van der Waals surface area contributed by atoms with Crippen LogP contribution in [0.15, 0.2) is 30.5 Å². The Labute approximate surface area is 115 Å². The molecule has 0 aliphatic rings. The summed E-state index contributed by atoms with van der Waals surface area (Å²) in [4.78, 5) is 23.0. The van der Waals surface area contributed by atoms with Gasteiger partial charge in [-0.3, -0.25) is 14.3 Å². The molecule has 2 aromatic rings. The van der Waals surface area contributed by atoms with Crippen molar-refractivity contribution in [2.24, 2.45) is 7.05 Å². The van der Waals surface area contributed by atoms with E-state index in [9.17, 15) is 9.59 Å². The molecule has 7 heteroatoms. The van der Waals surface area contributed by atoms with Crippen LogP contribution in [0.5, 0.6) is 0 Å². The van der Waals surface area contributed by atoms with Crippen molar-refractivity contribution in [1.82, 2.24) is 9.78 Å². The molecule has 0 bridgehead atoms. The molecule has 7 nitrogen and oxygen atoms in total. The van der Waals surface area contributed by atoms with Crippen molar-refractivity contribution in [3.63, 3.8) is 0 Å². The third-order valence-electron chi connectivity index (χ3n) is 2.67. The Morgan fingerprint density at radius 1 is 1.25 bits per heavy atom. The van der Waals surface area contributed by atoms with Crippen LogP contribution in [0.1, 0.15) is 17.3 Å². The highest BCUT2D eigenvalue weighted by atomic mass is 16.2. The number of nitrogens with two attached hydrogens (primary N) is 1. The van der Waals surface area contributed by atoms with E-state index in [-0.39, 0.29) is 11.8 Å². The summed E-state index contributed by atoms with van der Waals surface area (Å²) in [5.41, 5.74) is 7.20. The van der Waals surface area contributed by atoms with Crippen LogP contribution in [-0.4, -0.2) is 21.6 Å². The molecule has 0 fully saturated rings. The summed E-state index contributed by atoms with van der Waals surface area (Å²) in [5, 5.41) is 9.25. The van der Waals surface area contributed by atoms with Crippen LogP contribution < -0.4 is 16.4 Å². The lowest BCUT2D eigenvalue weighted by atomic mass is 10.2. The molecular formula is C13H15N5O2. The molecule has 0 aliphatic heterocycles. The first kappa shape index (κ1) is 13.6. The number of hydrogen-bond acceptors (Lipinski definition) is 4. The summed E-state index contributed by atoms with van der Waals surface area (Å²) in [6, 6.07) is 6.84. The summed E-state index contributed by atoms with van der Waals surface area (Å²) >= 11 is 0. The van der Waals surface area contributed by atoms with Gasteiger partial charge in [0, 0.05) is 25.3 Å². The summed E-state index contributed by atoms with van der Waals surface area (Å²) in [5.74, 6) is -0.235. The van der Waals surface area contributed by atoms with Crippen molar-refractivity contribution < 1.29 is 9.59 Å². The predicted octanol–water partition coefficient (Wildman–Crippen LogP) is 1.21. The van der Waals surface area contributed by atoms with Gasteiger partial charge >= 0.3 is 0 Å². The lowest BCUT2D eigenvalue weighted by Crippen LogP contribution is -2.14. The fourth-order valence-corrected chi connectivity index (χ4v) is 1.70. The van der Waals surface area contributed by atoms with Crippen LogP contribution >= 0.6 is 0 Å². The summed E-state index contributed by atoms with van der Waals surface area (Å²) < 4.78 is 1.42. The van der Waals surface area contributed by atoms with E-state index in [1.54, 1.807) is 31.3 Å². The standard InChI is InChI=1S/C13H15N5O2/c1-8(19)16-9-4-3-5-10(6-9)17-13(20)11-7-15-18(2)12(11)14/h3-7H,14H2,1-2H3,(H,16,19)(H,17,20). The van der Waals surface area contributed by atoms with Crippen molar-refractivity contribution in [2.75, 3.05) is 16.4 Å². The van der Waals surface area contributed by atoms with Gasteiger partial charge in [-0.2, -0.15) is 5.10 Å². The molecule has 104 valence electrons. The first-order chi connectivity index (χ1) is 9.47. The SMILES string of the molecule is CC(=O)Nc1cccc(NC(=O)c2cnn(C)c2N)c1. The molecule has 20 heavy (non-hydrogen) atoms. The quantitative estimate of drug-likeness (QED) is 0.782. The third-order valence-corrected chi connectivity index (χ3v) is 2.67. The molecule has 0 unspecified atom stereocenters. The highest BCUT2D eigenvalue weighted by Gasteiger charge is 2.13. The largest absolute Gasteiger partial charge is 0.383 e. The van der Waals surface area contributed by atoms with Crippen molar-refractivity contribution in [2.45, 2.75) is 6.92 Å². The zero-order chi connectivity index (χ0) is 14.7. The van der Waals surface area contributed by atoms with Crippen LogP contribution in [0.2, 0.25) is 0 Å². The lowest BCUT2D eigenvalue weighted by molar-refractivity contribution is -0.114. The van der Waals surface area contributed by atoms with Gasteiger partial charge in [0.1, 0.15) is 11.4 Å². The molecule has 0 atom stereocenters. The molecule has 1 aromatic carbocycles. The summed E-state index contributed by atoms with van der Waals surface area (Å²) in [7, 11) is 1.66. The van der Waals surface area contributed by atoms with Gasteiger partial charge in [-0.1, -0.05) is 6.07 Å². The maximum atomic E-state index is 12.0. The Morgan fingerprint density at radius 3 is 2.45 bits per heavy atom. The number of benzene rings is 1. The molecule has 2 amide bonds. The third kappa shape index (κ3) is 2.94. The predicted molar refractivity (Wildman–Crippen MR) is 76.3 cm³/mol. The van der Waals surface area contributed by atoms with Gasteiger partial charge in [-0.05, 0) is 18.2 Å². The van der Waals surface area contributed by atoms with Gasteiger partial charge in [-0.25, -0.2) is 0 Å². The Bertz CT molecular complexity index is 663. The summed E-state index contributed by atoms with van der Waals surface area (Å²) in [6.07, 6.45) is 1.41. The van der Waals surface area contributed by atoms with Crippen molar-refractivity contribution in [3.8, 4) is 0 Å². The van der Waals surface area contributed by atoms with Crippen molar-refractivity contribution in [3.05, 3.63) is 36.0 Å². The second-order valence-corrected chi connectivity index (χ2v) is 4.28. The minimum atomic E-state index is -0.351. The molecule has 0 saturated carbocycles. The normalized spacial score (nSPS) is 10.1. The summed E-state index contributed by atoms with van der Waals surface area (Å²) in [6.45, 7) is 1.42. The van der Waals surface area contributed by atoms with E-state index in [2.05, 4.69) is 15.7 Å². The molecule has 1 aromatic heterocycles. The average Bonchev–Trinajstić information content (AvgIpc) is 2.69. The highest BCUT2D eigenvalue weighted by molar-refractivity contribution is 6.07. The second kappa shape index (κ2) is 5.43. The number of amides is 2. The van der Waals surface area contributed by atoms with Crippen LogP contribution in [-0.2, 0) is 11.8 Å². The maximum Gasteiger partial charge on any atom is 0.261 e. The van der Waals surface area contributed by atoms with Gasteiger partial charge in [0.15, 0.2) is 0 Å². The lowest BCUT2D eigenvalue weighted by Gasteiger charge is -2.07. The van der Waals surface area contributed by atoms with Crippen molar-refractivity contribution in [1.29, 1.82) is 0 Å². The molecule has 0 aliphatic carbocycles. The Hall–Kier alpha value is -2.83.